The highest BCUT2D eigenvalue weighted by Crippen LogP contribution is 2.32. The van der Waals surface area contributed by atoms with Crippen LogP contribution in [-0.4, -0.2) is 56.5 Å². The summed E-state index contributed by atoms with van der Waals surface area (Å²) in [5, 5.41) is 3.14. The van der Waals surface area contributed by atoms with E-state index in [4.69, 9.17) is 9.47 Å². The minimum atomic E-state index is 0. The molecule has 0 aliphatic carbocycles. The molecule has 0 amide bonds. The van der Waals surface area contributed by atoms with Crippen molar-refractivity contribution in [3.05, 3.63) is 96.1 Å². The van der Waals surface area contributed by atoms with Gasteiger partial charge < -0.3 is 14.8 Å². The van der Waals surface area contributed by atoms with Crippen molar-refractivity contribution < 1.29 is 9.47 Å². The molecule has 32 heavy (non-hydrogen) atoms. The molecule has 0 bridgehead atoms. The van der Waals surface area contributed by atoms with Gasteiger partial charge >= 0.3 is 0 Å². The molecule has 4 nitrogen and oxygen atoms in total. The summed E-state index contributed by atoms with van der Waals surface area (Å²) in [4.78, 5) is 2.49. The molecule has 2 fully saturated rings. The molecule has 4 rings (SSSR count). The first-order chi connectivity index (χ1) is 15.3. The molecule has 2 aromatic carbocycles. The van der Waals surface area contributed by atoms with Crippen molar-refractivity contribution in [2.45, 2.75) is 32.1 Å². The second-order valence-electron chi connectivity index (χ2n) is 7.88. The minimum absolute atomic E-state index is 0. The van der Waals surface area contributed by atoms with Crippen molar-refractivity contribution in [1.29, 1.82) is 0 Å². The Morgan fingerprint density at radius 3 is 1.69 bits per heavy atom. The zero-order valence-electron chi connectivity index (χ0n) is 19.2. The summed E-state index contributed by atoms with van der Waals surface area (Å²) in [6.07, 6.45) is 8.96. The SMILES string of the molecule is CC=CCOC1CN(C(c2ccccc2)c2ccccc2)C1.CC=CCOC1CNC1.Cl. The van der Waals surface area contributed by atoms with Crippen LogP contribution in [0, 0.1) is 0 Å². The van der Waals surface area contributed by atoms with Gasteiger partial charge in [-0.2, -0.15) is 0 Å². The average molecular weight is 457 g/mol. The van der Waals surface area contributed by atoms with E-state index in [0.29, 0.717) is 18.2 Å². The molecular formula is C27H37ClN2O2. The van der Waals surface area contributed by atoms with E-state index in [2.05, 4.69) is 77.0 Å². The maximum atomic E-state index is 5.84. The summed E-state index contributed by atoms with van der Waals surface area (Å²) >= 11 is 0. The highest BCUT2D eigenvalue weighted by atomic mass is 35.5. The van der Waals surface area contributed by atoms with Crippen LogP contribution in [0.3, 0.4) is 0 Å². The molecule has 2 aliphatic heterocycles. The van der Waals surface area contributed by atoms with Gasteiger partial charge in [-0.1, -0.05) is 85.0 Å². The molecule has 2 heterocycles. The largest absolute Gasteiger partial charge is 0.372 e. The highest BCUT2D eigenvalue weighted by molar-refractivity contribution is 5.85. The monoisotopic (exact) mass is 456 g/mol. The fourth-order valence-electron chi connectivity index (χ4n) is 3.63. The van der Waals surface area contributed by atoms with E-state index in [1.54, 1.807) is 0 Å². The van der Waals surface area contributed by atoms with Crippen molar-refractivity contribution in [2.75, 3.05) is 39.4 Å². The molecule has 0 aromatic heterocycles. The lowest BCUT2D eigenvalue weighted by Gasteiger charge is -2.44. The van der Waals surface area contributed by atoms with Crippen molar-refractivity contribution >= 4 is 12.4 Å². The lowest BCUT2D eigenvalue weighted by Crippen LogP contribution is -2.53. The molecule has 0 spiro atoms. The van der Waals surface area contributed by atoms with Crippen LogP contribution in [0.1, 0.15) is 31.0 Å². The Bertz CT molecular complexity index is 748. The zero-order chi connectivity index (χ0) is 21.7. The molecule has 2 saturated heterocycles. The van der Waals surface area contributed by atoms with Crippen LogP contribution in [-0.2, 0) is 9.47 Å². The lowest BCUT2D eigenvalue weighted by atomic mass is 9.94. The second kappa shape index (κ2) is 15.0. The Balaban J connectivity index is 0.000000307. The predicted octanol–water partition coefficient (Wildman–Crippen LogP) is 5.03. The maximum absolute atomic E-state index is 5.84. The molecule has 0 radical (unpaired) electrons. The lowest BCUT2D eigenvalue weighted by molar-refractivity contribution is -0.0569. The Morgan fingerprint density at radius 1 is 0.812 bits per heavy atom. The van der Waals surface area contributed by atoms with E-state index in [-0.39, 0.29) is 12.4 Å². The van der Waals surface area contributed by atoms with Crippen molar-refractivity contribution in [1.82, 2.24) is 10.2 Å². The summed E-state index contributed by atoms with van der Waals surface area (Å²) in [6.45, 7) is 9.55. The van der Waals surface area contributed by atoms with Crippen molar-refractivity contribution in [3.63, 3.8) is 0 Å². The van der Waals surface area contributed by atoms with E-state index in [0.717, 1.165) is 39.4 Å². The number of nitrogens with one attached hydrogen (secondary N) is 1. The molecule has 2 aliphatic rings. The van der Waals surface area contributed by atoms with Gasteiger partial charge in [-0.15, -0.1) is 12.4 Å². The molecule has 1 N–H and O–H groups in total. The van der Waals surface area contributed by atoms with Crippen LogP contribution in [0.25, 0.3) is 0 Å². The molecular weight excluding hydrogens is 420 g/mol. The van der Waals surface area contributed by atoms with E-state index < -0.39 is 0 Å². The van der Waals surface area contributed by atoms with Gasteiger partial charge in [0.05, 0.1) is 31.5 Å². The van der Waals surface area contributed by atoms with Gasteiger partial charge in [0.2, 0.25) is 0 Å². The number of hydrogen-bond acceptors (Lipinski definition) is 4. The smallest absolute Gasteiger partial charge is 0.0833 e. The first-order valence-electron chi connectivity index (χ1n) is 11.3. The number of hydrogen-bond donors (Lipinski definition) is 1. The van der Waals surface area contributed by atoms with E-state index in [9.17, 15) is 0 Å². The number of ether oxygens (including phenoxy) is 2. The third kappa shape index (κ3) is 8.19. The predicted molar refractivity (Wildman–Crippen MR) is 136 cm³/mol. The second-order valence-corrected chi connectivity index (χ2v) is 7.88. The Labute approximate surface area is 199 Å². The third-order valence-corrected chi connectivity index (χ3v) is 5.54. The first-order valence-corrected chi connectivity index (χ1v) is 11.3. The molecule has 0 atom stereocenters. The van der Waals surface area contributed by atoms with E-state index in [1.165, 1.54) is 11.1 Å². The molecule has 0 unspecified atom stereocenters. The molecule has 5 heteroatoms. The number of rotatable bonds is 9. The van der Waals surface area contributed by atoms with E-state index in [1.807, 2.05) is 32.1 Å². The molecule has 174 valence electrons. The van der Waals surface area contributed by atoms with E-state index >= 15 is 0 Å². The third-order valence-electron chi connectivity index (χ3n) is 5.54. The van der Waals surface area contributed by atoms with Crippen molar-refractivity contribution in [2.24, 2.45) is 0 Å². The van der Waals surface area contributed by atoms with Crippen LogP contribution < -0.4 is 5.32 Å². The summed E-state index contributed by atoms with van der Waals surface area (Å²) in [7, 11) is 0. The fourth-order valence-corrected chi connectivity index (χ4v) is 3.63. The topological polar surface area (TPSA) is 33.7 Å². The Morgan fingerprint density at radius 2 is 1.28 bits per heavy atom. The van der Waals surface area contributed by atoms with Gasteiger partial charge in [0.25, 0.3) is 0 Å². The first kappa shape index (κ1) is 26.3. The van der Waals surface area contributed by atoms with Crippen LogP contribution in [0.4, 0.5) is 0 Å². The summed E-state index contributed by atoms with van der Waals surface area (Å²) < 4.78 is 11.2. The summed E-state index contributed by atoms with van der Waals surface area (Å²) in [6, 6.07) is 21.8. The minimum Gasteiger partial charge on any atom is -0.372 e. The normalized spacial score (nSPS) is 17.0. The summed E-state index contributed by atoms with van der Waals surface area (Å²) in [5.74, 6) is 0. The summed E-state index contributed by atoms with van der Waals surface area (Å²) in [5.41, 5.74) is 2.70. The Hall–Kier alpha value is -1.95. The standard InChI is InChI=1S/C20H23NO.C7H13NO.ClH/c1-2-3-14-22-19-15-21(16-19)20(17-10-6-4-7-11-17)18-12-8-5-9-13-18;1-2-3-4-9-7-5-8-6-7;/h2-13,19-20H,14-16H2,1H3;2-3,7-8H,4-6H2,1H3;1H. The number of likely N-dealkylation sites (tertiary alicyclic amines) is 1. The maximum Gasteiger partial charge on any atom is 0.0833 e. The quantitative estimate of drug-likeness (QED) is 0.537. The molecule has 2 aromatic rings. The average Bonchev–Trinajstić information content (AvgIpc) is 2.75. The molecule has 0 saturated carbocycles. The van der Waals surface area contributed by atoms with Crippen LogP contribution in [0.2, 0.25) is 0 Å². The van der Waals surface area contributed by atoms with Crippen molar-refractivity contribution in [3.8, 4) is 0 Å². The Kier molecular flexibility index (Phi) is 12.3. The number of nitrogens with zero attached hydrogens (tertiary/aromatic N) is 1. The van der Waals surface area contributed by atoms with Crippen LogP contribution in [0.15, 0.2) is 85.0 Å². The zero-order valence-corrected chi connectivity index (χ0v) is 20.0. The number of halogens is 1. The van der Waals surface area contributed by atoms with Crippen LogP contribution in [0.5, 0.6) is 0 Å². The van der Waals surface area contributed by atoms with Gasteiger partial charge in [-0.25, -0.2) is 0 Å². The van der Waals surface area contributed by atoms with Gasteiger partial charge in [0.1, 0.15) is 0 Å². The number of allylic oxidation sites excluding steroid dienone is 2. The van der Waals surface area contributed by atoms with Gasteiger partial charge in [0.15, 0.2) is 0 Å². The van der Waals surface area contributed by atoms with Gasteiger partial charge in [-0.3, -0.25) is 4.90 Å². The van der Waals surface area contributed by atoms with Gasteiger partial charge in [-0.05, 0) is 25.0 Å². The van der Waals surface area contributed by atoms with Gasteiger partial charge in [0, 0.05) is 26.2 Å². The fraction of sp³-hybridized carbons (Fsp3) is 0.407. The van der Waals surface area contributed by atoms with Crippen LogP contribution >= 0.6 is 12.4 Å². The number of benzene rings is 2. The highest BCUT2D eigenvalue weighted by Gasteiger charge is 2.34.